The third-order valence-electron chi connectivity index (χ3n) is 9.32. The van der Waals surface area contributed by atoms with E-state index in [2.05, 4.69) is 10.5 Å². The second kappa shape index (κ2) is 13.0. The lowest BCUT2D eigenvalue weighted by Gasteiger charge is -2.42. The van der Waals surface area contributed by atoms with E-state index in [1.165, 1.54) is 50.4 Å². The summed E-state index contributed by atoms with van der Waals surface area (Å²) in [6.07, 6.45) is -4.71. The summed E-state index contributed by atoms with van der Waals surface area (Å²) in [5, 5.41) is 50.4. The van der Waals surface area contributed by atoms with Crippen molar-refractivity contribution in [3.05, 3.63) is 85.4 Å². The van der Waals surface area contributed by atoms with Gasteiger partial charge in [0.15, 0.2) is 12.1 Å². The average molecular weight is 715 g/mol. The predicted octanol–water partition coefficient (Wildman–Crippen LogP) is 3.55. The molecule has 1 amide bonds. The molecule has 4 unspecified atom stereocenters. The number of nitrogens with two attached hydrogens (primary N) is 1. The summed E-state index contributed by atoms with van der Waals surface area (Å²) in [5.74, 6) is -3.32. The van der Waals surface area contributed by atoms with Crippen LogP contribution < -0.4 is 15.9 Å². The van der Waals surface area contributed by atoms with Crippen LogP contribution in [0.2, 0.25) is 10.0 Å². The van der Waals surface area contributed by atoms with Gasteiger partial charge in [0, 0.05) is 47.6 Å². The number of benzene rings is 3. The van der Waals surface area contributed by atoms with Crippen molar-refractivity contribution in [3.8, 4) is 17.2 Å². The molecule has 13 nitrogen and oxygen atoms in total. The van der Waals surface area contributed by atoms with Gasteiger partial charge in [0.25, 0.3) is 5.91 Å². The number of hydrazone groups is 1. The molecule has 1 saturated heterocycles. The van der Waals surface area contributed by atoms with Gasteiger partial charge in [-0.1, -0.05) is 35.3 Å². The van der Waals surface area contributed by atoms with E-state index in [0.29, 0.717) is 0 Å². The Morgan fingerprint density at radius 3 is 2.47 bits per heavy atom. The molecular formula is C34H33Cl2N3O10. The number of hydrogen-bond acceptors (Lipinski definition) is 12. The first-order valence-corrected chi connectivity index (χ1v) is 16.1. The topological polar surface area (TPSA) is 210 Å². The summed E-state index contributed by atoms with van der Waals surface area (Å²) in [5.41, 5.74) is 5.55. The number of ether oxygens (including phenoxy) is 3. The Hall–Kier alpha value is -4.08. The molecule has 3 aromatic carbocycles. The molecule has 2 aliphatic carbocycles. The van der Waals surface area contributed by atoms with Crippen molar-refractivity contribution in [2.45, 2.75) is 69.4 Å². The highest BCUT2D eigenvalue weighted by molar-refractivity contribution is 6.42. The SMILES string of the molecule is COc1cccc2c1C(=O)c1c(O)c3c(c(O)c1C2=O)C[C@@](O)(/C(C)=N/NC(=O)c1ccc(Cl)c(Cl)c1)C[C@@H]3OC1CC(N)C(O)C(C)O1. The number of methoxy groups -OCH3 is 1. The molecule has 49 heavy (non-hydrogen) atoms. The number of ketones is 2. The fourth-order valence-electron chi connectivity index (χ4n) is 6.61. The van der Waals surface area contributed by atoms with Crippen LogP contribution in [-0.2, 0) is 15.9 Å². The summed E-state index contributed by atoms with van der Waals surface area (Å²) in [7, 11) is 1.33. The standard InChI is InChI=1S/C34H33Cl2N3O10/c1-13-28(40)20(37)10-23(48-13)49-22-12-34(46,14(2)38-39-33(45)15-7-8-18(35)19(36)9-15)11-17-25(22)32(44)27-26(30(17)42)29(41)16-5-4-6-21(47-3)24(16)31(27)43/h4-9,13,20,22-23,28,40,42,44,46H,10-12,37H2,1-3H3,(H,39,45)/b38-14+/t13?,20?,22-,23?,28?,34-/m0/s1. The van der Waals surface area contributed by atoms with Gasteiger partial charge in [-0.15, -0.1) is 0 Å². The van der Waals surface area contributed by atoms with Gasteiger partial charge in [0.2, 0.25) is 5.78 Å². The van der Waals surface area contributed by atoms with Gasteiger partial charge in [-0.05, 0) is 38.1 Å². The Morgan fingerprint density at radius 2 is 1.80 bits per heavy atom. The molecule has 258 valence electrons. The van der Waals surface area contributed by atoms with Crippen LogP contribution in [0.25, 0.3) is 0 Å². The zero-order valence-corrected chi connectivity index (χ0v) is 28.0. The molecule has 1 heterocycles. The van der Waals surface area contributed by atoms with Gasteiger partial charge in [-0.2, -0.15) is 5.10 Å². The monoisotopic (exact) mass is 713 g/mol. The van der Waals surface area contributed by atoms with Gasteiger partial charge < -0.3 is 40.4 Å². The number of hydrogen-bond donors (Lipinski definition) is 6. The van der Waals surface area contributed by atoms with E-state index in [1.54, 1.807) is 6.92 Å². The molecule has 0 saturated carbocycles. The number of carbonyl (C=O) groups excluding carboxylic acids is 3. The normalized spacial score (nSPS) is 26.4. The molecular weight excluding hydrogens is 681 g/mol. The summed E-state index contributed by atoms with van der Waals surface area (Å²) in [4.78, 5) is 40.6. The first kappa shape index (κ1) is 34.8. The van der Waals surface area contributed by atoms with Crippen LogP contribution >= 0.6 is 23.2 Å². The lowest BCUT2D eigenvalue weighted by atomic mass is 9.71. The largest absolute Gasteiger partial charge is 0.507 e. The average Bonchev–Trinajstić information content (AvgIpc) is 3.06. The maximum atomic E-state index is 13.9. The number of amides is 1. The zero-order chi connectivity index (χ0) is 35.5. The Morgan fingerprint density at radius 1 is 1.08 bits per heavy atom. The summed E-state index contributed by atoms with van der Waals surface area (Å²) in [6.45, 7) is 3.04. The van der Waals surface area contributed by atoms with Crippen LogP contribution in [0.5, 0.6) is 17.2 Å². The molecule has 1 aliphatic heterocycles. The third kappa shape index (κ3) is 5.95. The van der Waals surface area contributed by atoms with E-state index in [-0.39, 0.29) is 62.2 Å². The number of phenols is 2. The Labute approximate surface area is 290 Å². The minimum Gasteiger partial charge on any atom is -0.507 e. The third-order valence-corrected chi connectivity index (χ3v) is 10.1. The van der Waals surface area contributed by atoms with Gasteiger partial charge >= 0.3 is 0 Å². The van der Waals surface area contributed by atoms with Crippen molar-refractivity contribution in [1.29, 1.82) is 0 Å². The van der Waals surface area contributed by atoms with E-state index in [9.17, 15) is 34.8 Å². The van der Waals surface area contributed by atoms with Crippen molar-refractivity contribution >= 4 is 46.4 Å². The fraction of sp³-hybridized carbons (Fsp3) is 0.353. The molecule has 15 heteroatoms. The van der Waals surface area contributed by atoms with Crippen LogP contribution in [0, 0.1) is 0 Å². The van der Waals surface area contributed by atoms with Gasteiger partial charge in [-0.25, -0.2) is 5.43 Å². The number of aliphatic hydroxyl groups excluding tert-OH is 1. The second-order valence-corrected chi connectivity index (χ2v) is 13.2. The number of rotatable bonds is 6. The Balaban J connectivity index is 1.44. The second-order valence-electron chi connectivity index (χ2n) is 12.3. The molecule has 0 aromatic heterocycles. The van der Waals surface area contributed by atoms with E-state index in [0.717, 1.165) is 0 Å². The molecule has 0 spiro atoms. The number of aliphatic hydroxyl groups is 2. The van der Waals surface area contributed by atoms with Crippen molar-refractivity contribution in [1.82, 2.24) is 5.43 Å². The smallest absolute Gasteiger partial charge is 0.271 e. The van der Waals surface area contributed by atoms with Gasteiger partial charge in [0.05, 0.1) is 57.9 Å². The highest BCUT2D eigenvalue weighted by Gasteiger charge is 2.49. The molecule has 3 aromatic rings. The van der Waals surface area contributed by atoms with Crippen LogP contribution in [0.15, 0.2) is 41.5 Å². The minimum atomic E-state index is -1.94. The number of fused-ring (bicyclic) bond motifs is 3. The molecule has 6 atom stereocenters. The van der Waals surface area contributed by atoms with Crippen LogP contribution in [0.1, 0.15) is 86.1 Å². The number of halogens is 2. The first-order chi connectivity index (χ1) is 23.2. The van der Waals surface area contributed by atoms with Crippen molar-refractivity contribution in [3.63, 3.8) is 0 Å². The highest BCUT2D eigenvalue weighted by atomic mass is 35.5. The van der Waals surface area contributed by atoms with E-state index in [1.807, 2.05) is 0 Å². The molecule has 0 radical (unpaired) electrons. The van der Waals surface area contributed by atoms with Gasteiger partial charge in [0.1, 0.15) is 22.8 Å². The molecule has 7 N–H and O–H groups in total. The van der Waals surface area contributed by atoms with Gasteiger partial charge in [-0.3, -0.25) is 14.4 Å². The Kier molecular flexibility index (Phi) is 9.22. The van der Waals surface area contributed by atoms with Crippen molar-refractivity contribution in [2.75, 3.05) is 7.11 Å². The predicted molar refractivity (Wildman–Crippen MR) is 177 cm³/mol. The maximum Gasteiger partial charge on any atom is 0.271 e. The van der Waals surface area contributed by atoms with E-state index >= 15 is 0 Å². The van der Waals surface area contributed by atoms with Crippen LogP contribution in [0.4, 0.5) is 0 Å². The minimum absolute atomic E-state index is 0.0145. The zero-order valence-electron chi connectivity index (χ0n) is 26.5. The number of nitrogens with one attached hydrogen (secondary N) is 1. The maximum absolute atomic E-state index is 13.9. The highest BCUT2D eigenvalue weighted by Crippen LogP contribution is 2.52. The number of phenolic OH excluding ortho intramolecular Hbond substituents is 2. The van der Waals surface area contributed by atoms with Crippen molar-refractivity contribution < 1.29 is 49.0 Å². The molecule has 3 aliphatic rings. The fourth-order valence-corrected chi connectivity index (χ4v) is 6.90. The lowest BCUT2D eigenvalue weighted by Crippen LogP contribution is -2.52. The lowest BCUT2D eigenvalue weighted by molar-refractivity contribution is -0.245. The quantitative estimate of drug-likeness (QED) is 0.0966. The summed E-state index contributed by atoms with van der Waals surface area (Å²) in [6, 6.07) is 7.92. The summed E-state index contributed by atoms with van der Waals surface area (Å²) < 4.78 is 17.5. The number of aromatic hydroxyl groups is 2. The number of nitrogens with zero attached hydrogens (tertiary/aromatic N) is 1. The molecule has 6 rings (SSSR count). The van der Waals surface area contributed by atoms with E-state index in [4.69, 9.17) is 43.1 Å². The molecule has 1 fully saturated rings. The molecule has 0 bridgehead atoms. The van der Waals surface area contributed by atoms with Crippen LogP contribution in [0.3, 0.4) is 0 Å². The van der Waals surface area contributed by atoms with Crippen LogP contribution in [-0.4, -0.2) is 80.9 Å². The van der Waals surface area contributed by atoms with E-state index < -0.39 is 82.8 Å². The Bertz CT molecular complexity index is 1920. The first-order valence-electron chi connectivity index (χ1n) is 15.3. The van der Waals surface area contributed by atoms with Crippen molar-refractivity contribution in [2.24, 2.45) is 10.8 Å². The number of carbonyl (C=O) groups is 3. The summed E-state index contributed by atoms with van der Waals surface area (Å²) >= 11 is 12.0.